The monoisotopic (exact) mass is 420 g/mol. The van der Waals surface area contributed by atoms with Crippen LogP contribution >= 0.6 is 46.1 Å². The van der Waals surface area contributed by atoms with Crippen LogP contribution in [0.5, 0.6) is 0 Å². The van der Waals surface area contributed by atoms with Crippen LogP contribution in [0.15, 0.2) is 59.0 Å². The fraction of sp³-hybridized carbons (Fsp3) is 0.0526. The highest BCUT2D eigenvalue weighted by Crippen LogP contribution is 2.33. The van der Waals surface area contributed by atoms with Crippen molar-refractivity contribution in [1.29, 1.82) is 0 Å². The second-order valence-corrected chi connectivity index (χ2v) is 7.75. The summed E-state index contributed by atoms with van der Waals surface area (Å²) in [5.74, 6) is 0. The number of benzene rings is 2. The van der Waals surface area contributed by atoms with E-state index in [4.69, 9.17) is 34.8 Å². The topological polar surface area (TPSA) is 34.9 Å². The van der Waals surface area contributed by atoms with Crippen molar-refractivity contribution in [3.05, 3.63) is 85.2 Å². The molecular formula is C19H11Cl3N2OS. The molecule has 26 heavy (non-hydrogen) atoms. The third-order valence-corrected chi connectivity index (χ3v) is 6.20. The van der Waals surface area contributed by atoms with Crippen LogP contribution in [-0.4, -0.2) is 9.55 Å². The van der Waals surface area contributed by atoms with Crippen molar-refractivity contribution in [2.24, 2.45) is 0 Å². The standard InChI is InChI=1S/C19H11Cl3N2OS/c20-14-6-7-15(21)17(22)12(14)8-24-10-23-18-16(19(24)25)13(9-26-18)11-4-2-1-3-5-11/h1-7,9-10H,8H2. The summed E-state index contributed by atoms with van der Waals surface area (Å²) in [5, 5.41) is 3.75. The van der Waals surface area contributed by atoms with Crippen molar-refractivity contribution >= 4 is 56.4 Å². The maximum Gasteiger partial charge on any atom is 0.263 e. The van der Waals surface area contributed by atoms with E-state index in [0.717, 1.165) is 11.1 Å². The lowest BCUT2D eigenvalue weighted by atomic mass is 10.1. The number of thiophene rings is 1. The Morgan fingerprint density at radius 2 is 1.73 bits per heavy atom. The van der Waals surface area contributed by atoms with Crippen LogP contribution in [0.25, 0.3) is 21.3 Å². The normalized spacial score (nSPS) is 11.2. The van der Waals surface area contributed by atoms with E-state index in [0.29, 0.717) is 30.8 Å². The molecule has 0 aliphatic heterocycles. The fourth-order valence-corrected chi connectivity index (χ4v) is 4.37. The quantitative estimate of drug-likeness (QED) is 0.373. The number of fused-ring (bicyclic) bond motifs is 1. The van der Waals surface area contributed by atoms with Gasteiger partial charge < -0.3 is 0 Å². The van der Waals surface area contributed by atoms with E-state index < -0.39 is 0 Å². The highest BCUT2D eigenvalue weighted by Gasteiger charge is 2.16. The lowest BCUT2D eigenvalue weighted by Crippen LogP contribution is -2.21. The Bertz CT molecular complexity index is 1170. The molecule has 0 atom stereocenters. The molecule has 2 aromatic heterocycles. The molecule has 3 nitrogen and oxygen atoms in total. The molecule has 0 radical (unpaired) electrons. The number of aromatic nitrogens is 2. The Hall–Kier alpha value is -1.85. The molecular weight excluding hydrogens is 411 g/mol. The average molecular weight is 422 g/mol. The van der Waals surface area contributed by atoms with Gasteiger partial charge in [-0.15, -0.1) is 11.3 Å². The van der Waals surface area contributed by atoms with Gasteiger partial charge in [-0.25, -0.2) is 4.98 Å². The number of hydrogen-bond donors (Lipinski definition) is 0. The van der Waals surface area contributed by atoms with Crippen molar-refractivity contribution < 1.29 is 0 Å². The van der Waals surface area contributed by atoms with Crippen molar-refractivity contribution in [3.63, 3.8) is 0 Å². The van der Waals surface area contributed by atoms with Gasteiger partial charge in [0, 0.05) is 21.5 Å². The minimum atomic E-state index is -0.137. The van der Waals surface area contributed by atoms with Gasteiger partial charge in [0.1, 0.15) is 4.83 Å². The zero-order chi connectivity index (χ0) is 18.3. The molecule has 0 N–H and O–H groups in total. The summed E-state index contributed by atoms with van der Waals surface area (Å²) in [5.41, 5.74) is 2.32. The van der Waals surface area contributed by atoms with E-state index in [1.165, 1.54) is 22.2 Å². The van der Waals surface area contributed by atoms with Gasteiger partial charge in [0.05, 0.1) is 28.3 Å². The van der Waals surface area contributed by atoms with E-state index in [1.807, 2.05) is 35.7 Å². The molecule has 2 heterocycles. The number of rotatable bonds is 3. The van der Waals surface area contributed by atoms with E-state index in [9.17, 15) is 4.79 Å². The highest BCUT2D eigenvalue weighted by molar-refractivity contribution is 7.17. The summed E-state index contributed by atoms with van der Waals surface area (Å²) in [4.78, 5) is 18.2. The van der Waals surface area contributed by atoms with Crippen molar-refractivity contribution in [2.45, 2.75) is 6.54 Å². The second kappa shape index (κ2) is 7.05. The minimum Gasteiger partial charge on any atom is -0.294 e. The Kier molecular flexibility index (Phi) is 4.76. The first-order valence-corrected chi connectivity index (χ1v) is 9.72. The van der Waals surface area contributed by atoms with Gasteiger partial charge in [0.15, 0.2) is 0 Å². The molecule has 130 valence electrons. The van der Waals surface area contributed by atoms with Gasteiger partial charge in [0.25, 0.3) is 5.56 Å². The van der Waals surface area contributed by atoms with Gasteiger partial charge >= 0.3 is 0 Å². The van der Waals surface area contributed by atoms with Crippen LogP contribution in [0, 0.1) is 0 Å². The number of nitrogens with zero attached hydrogens (tertiary/aromatic N) is 2. The molecule has 0 saturated carbocycles. The maximum absolute atomic E-state index is 13.1. The molecule has 7 heteroatoms. The van der Waals surface area contributed by atoms with Crippen LogP contribution in [-0.2, 0) is 6.54 Å². The molecule has 0 aliphatic carbocycles. The Morgan fingerprint density at radius 1 is 1.00 bits per heavy atom. The number of halogens is 3. The first-order valence-electron chi connectivity index (χ1n) is 7.70. The summed E-state index contributed by atoms with van der Waals surface area (Å²) in [6, 6.07) is 13.1. The summed E-state index contributed by atoms with van der Waals surface area (Å²) in [6.45, 7) is 0.198. The smallest absolute Gasteiger partial charge is 0.263 e. The molecule has 0 amide bonds. The Labute approximate surface area is 168 Å². The SMILES string of the molecule is O=c1c2c(-c3ccccc3)csc2ncn1Cc1c(Cl)ccc(Cl)c1Cl. The first kappa shape index (κ1) is 17.6. The third kappa shape index (κ3) is 3.03. The predicted octanol–water partition coefficient (Wildman–Crippen LogP) is 6.13. The Balaban J connectivity index is 1.87. The van der Waals surface area contributed by atoms with Gasteiger partial charge in [0.2, 0.25) is 0 Å². The maximum atomic E-state index is 13.1. The molecule has 0 aliphatic rings. The van der Waals surface area contributed by atoms with Crippen molar-refractivity contribution in [3.8, 4) is 11.1 Å². The largest absolute Gasteiger partial charge is 0.294 e. The van der Waals surface area contributed by atoms with Crippen LogP contribution in [0.1, 0.15) is 5.56 Å². The van der Waals surface area contributed by atoms with Crippen LogP contribution in [0.4, 0.5) is 0 Å². The number of hydrogen-bond acceptors (Lipinski definition) is 3. The molecule has 2 aromatic carbocycles. The lowest BCUT2D eigenvalue weighted by molar-refractivity contribution is 0.750. The van der Waals surface area contributed by atoms with E-state index in [-0.39, 0.29) is 12.1 Å². The molecule has 0 unspecified atom stereocenters. The van der Waals surface area contributed by atoms with Crippen LogP contribution < -0.4 is 5.56 Å². The molecule has 0 bridgehead atoms. The minimum absolute atomic E-state index is 0.137. The molecule has 4 rings (SSSR count). The molecule has 0 saturated heterocycles. The lowest BCUT2D eigenvalue weighted by Gasteiger charge is -2.11. The van der Waals surface area contributed by atoms with Crippen molar-refractivity contribution in [2.75, 3.05) is 0 Å². The van der Waals surface area contributed by atoms with Crippen molar-refractivity contribution in [1.82, 2.24) is 9.55 Å². The van der Waals surface area contributed by atoms with E-state index in [2.05, 4.69) is 4.98 Å². The van der Waals surface area contributed by atoms with Gasteiger partial charge in [-0.3, -0.25) is 9.36 Å². The highest BCUT2D eigenvalue weighted by atomic mass is 35.5. The molecule has 0 fully saturated rings. The Morgan fingerprint density at radius 3 is 2.50 bits per heavy atom. The third-order valence-electron chi connectivity index (χ3n) is 4.11. The first-order chi connectivity index (χ1) is 12.6. The predicted molar refractivity (Wildman–Crippen MR) is 110 cm³/mol. The zero-order valence-corrected chi connectivity index (χ0v) is 16.3. The summed E-state index contributed by atoms with van der Waals surface area (Å²) in [7, 11) is 0. The zero-order valence-electron chi connectivity index (χ0n) is 13.2. The van der Waals surface area contributed by atoms with Gasteiger partial charge in [-0.05, 0) is 17.7 Å². The van der Waals surface area contributed by atoms with E-state index in [1.54, 1.807) is 12.1 Å². The fourth-order valence-electron chi connectivity index (χ4n) is 2.79. The summed E-state index contributed by atoms with van der Waals surface area (Å²) < 4.78 is 1.50. The second-order valence-electron chi connectivity index (χ2n) is 5.69. The van der Waals surface area contributed by atoms with E-state index >= 15 is 0 Å². The molecule has 0 spiro atoms. The summed E-state index contributed by atoms with van der Waals surface area (Å²) in [6.07, 6.45) is 1.52. The molecule has 4 aromatic rings. The van der Waals surface area contributed by atoms with Gasteiger partial charge in [-0.2, -0.15) is 0 Å². The van der Waals surface area contributed by atoms with Crippen LogP contribution in [0.3, 0.4) is 0 Å². The summed E-state index contributed by atoms with van der Waals surface area (Å²) >= 11 is 20.1. The van der Waals surface area contributed by atoms with Gasteiger partial charge in [-0.1, -0.05) is 65.1 Å². The average Bonchev–Trinajstić information content (AvgIpc) is 3.09. The van der Waals surface area contributed by atoms with Crippen LogP contribution in [0.2, 0.25) is 15.1 Å².